The summed E-state index contributed by atoms with van der Waals surface area (Å²) in [5.41, 5.74) is 0. The summed E-state index contributed by atoms with van der Waals surface area (Å²) in [6.07, 6.45) is -7.33. The Labute approximate surface area is 126 Å². The third-order valence-electron chi connectivity index (χ3n) is 2.74. The summed E-state index contributed by atoms with van der Waals surface area (Å²) in [5.74, 6) is 0. The standard InChI is InChI=1S/C8H16O12S2/c1-16-6-5(9)4(3-18-21(10,11)12)19-8(17-2)7(6)20-22(13,14)15/h4-9H,3H2,1-2H3,(H,10,11,12)(H,13,14,15)/t4-,5-,6+,7-,8+/m1/s1. The fourth-order valence-electron chi connectivity index (χ4n) is 1.89. The predicted molar refractivity (Wildman–Crippen MR) is 66.4 cm³/mol. The van der Waals surface area contributed by atoms with Crippen molar-refractivity contribution in [3.05, 3.63) is 0 Å². The van der Waals surface area contributed by atoms with E-state index in [0.717, 1.165) is 14.2 Å². The lowest BCUT2D eigenvalue weighted by molar-refractivity contribution is -0.291. The molecule has 14 heteroatoms. The first-order valence-electron chi connectivity index (χ1n) is 5.65. The van der Waals surface area contributed by atoms with Crippen molar-refractivity contribution in [2.24, 2.45) is 0 Å². The highest BCUT2D eigenvalue weighted by molar-refractivity contribution is 7.81. The molecule has 0 radical (unpaired) electrons. The van der Waals surface area contributed by atoms with Gasteiger partial charge in [-0.15, -0.1) is 0 Å². The van der Waals surface area contributed by atoms with Gasteiger partial charge in [0.2, 0.25) is 0 Å². The summed E-state index contributed by atoms with van der Waals surface area (Å²) in [5, 5.41) is 9.99. The fourth-order valence-corrected chi connectivity index (χ4v) is 2.67. The molecule has 0 spiro atoms. The van der Waals surface area contributed by atoms with Gasteiger partial charge in [0.15, 0.2) is 12.4 Å². The van der Waals surface area contributed by atoms with Crippen LogP contribution in [0.4, 0.5) is 0 Å². The third-order valence-corrected chi connectivity index (χ3v) is 3.64. The maximum atomic E-state index is 10.8. The molecular formula is C8H16O12S2. The molecule has 0 unspecified atom stereocenters. The zero-order valence-electron chi connectivity index (χ0n) is 11.4. The summed E-state index contributed by atoms with van der Waals surface area (Å²) in [4.78, 5) is 0. The molecule has 0 aromatic heterocycles. The van der Waals surface area contributed by atoms with Gasteiger partial charge in [-0.3, -0.25) is 9.11 Å². The van der Waals surface area contributed by atoms with Crippen molar-refractivity contribution in [1.29, 1.82) is 0 Å². The fraction of sp³-hybridized carbons (Fsp3) is 1.00. The Morgan fingerprint density at radius 3 is 2.00 bits per heavy atom. The molecule has 1 fully saturated rings. The number of rotatable bonds is 7. The van der Waals surface area contributed by atoms with Crippen LogP contribution in [0.2, 0.25) is 0 Å². The maximum absolute atomic E-state index is 10.8. The van der Waals surface area contributed by atoms with Crippen molar-refractivity contribution in [1.82, 2.24) is 0 Å². The van der Waals surface area contributed by atoms with Gasteiger partial charge >= 0.3 is 20.8 Å². The number of aliphatic hydroxyl groups is 1. The number of hydrogen-bond donors (Lipinski definition) is 3. The van der Waals surface area contributed by atoms with Crippen LogP contribution < -0.4 is 0 Å². The Bertz CT molecular complexity index is 556. The Balaban J connectivity index is 2.94. The second-order valence-electron chi connectivity index (χ2n) is 4.17. The molecule has 12 nitrogen and oxygen atoms in total. The van der Waals surface area contributed by atoms with Crippen LogP contribution in [0.25, 0.3) is 0 Å². The summed E-state index contributed by atoms with van der Waals surface area (Å²) in [7, 11) is -7.47. The highest BCUT2D eigenvalue weighted by Crippen LogP contribution is 2.27. The molecular weight excluding hydrogens is 352 g/mol. The molecule has 0 aliphatic carbocycles. The van der Waals surface area contributed by atoms with Gasteiger partial charge in [0.05, 0.1) is 6.61 Å². The van der Waals surface area contributed by atoms with Gasteiger partial charge in [0, 0.05) is 14.2 Å². The predicted octanol–water partition coefficient (Wildman–Crippen LogP) is -2.26. The molecule has 0 amide bonds. The topological polar surface area (TPSA) is 175 Å². The van der Waals surface area contributed by atoms with E-state index in [0.29, 0.717) is 0 Å². The van der Waals surface area contributed by atoms with Gasteiger partial charge in [-0.05, 0) is 0 Å². The highest BCUT2D eigenvalue weighted by atomic mass is 32.3. The Hall–Kier alpha value is -0.420. The first-order chi connectivity index (χ1) is 9.98. The lowest BCUT2D eigenvalue weighted by Gasteiger charge is -2.42. The van der Waals surface area contributed by atoms with Crippen molar-refractivity contribution < 1.29 is 53.6 Å². The van der Waals surface area contributed by atoms with Crippen LogP contribution in [-0.4, -0.2) is 82.6 Å². The second-order valence-corrected chi connectivity index (χ2v) is 6.31. The van der Waals surface area contributed by atoms with Gasteiger partial charge in [-0.2, -0.15) is 16.8 Å². The molecule has 0 saturated carbocycles. The molecule has 1 rings (SSSR count). The van der Waals surface area contributed by atoms with E-state index in [9.17, 15) is 21.9 Å². The summed E-state index contributed by atoms with van der Waals surface area (Å²) >= 11 is 0. The maximum Gasteiger partial charge on any atom is 0.397 e. The van der Waals surface area contributed by atoms with Crippen LogP contribution in [0.1, 0.15) is 0 Å². The Morgan fingerprint density at radius 2 is 1.59 bits per heavy atom. The van der Waals surface area contributed by atoms with Crippen LogP contribution in [0.15, 0.2) is 0 Å². The van der Waals surface area contributed by atoms with E-state index in [-0.39, 0.29) is 0 Å². The molecule has 0 bridgehead atoms. The number of methoxy groups -OCH3 is 2. The van der Waals surface area contributed by atoms with Gasteiger partial charge in [0.25, 0.3) is 0 Å². The first kappa shape index (κ1) is 19.6. The molecule has 0 aromatic rings. The molecule has 1 heterocycles. The van der Waals surface area contributed by atoms with Crippen LogP contribution in [-0.2, 0) is 43.4 Å². The SMILES string of the molecule is CO[C@H]1O[C@H](COS(=O)(=O)O)[C@@H](O)[C@H](OC)[C@H]1OS(=O)(=O)O. The van der Waals surface area contributed by atoms with E-state index in [1.165, 1.54) is 0 Å². The van der Waals surface area contributed by atoms with Gasteiger partial charge < -0.3 is 19.3 Å². The summed E-state index contributed by atoms with van der Waals surface area (Å²) in [6, 6.07) is 0. The minimum absolute atomic E-state index is 0.793. The van der Waals surface area contributed by atoms with E-state index in [4.69, 9.17) is 23.3 Å². The van der Waals surface area contributed by atoms with Crippen molar-refractivity contribution in [2.45, 2.75) is 30.7 Å². The van der Waals surface area contributed by atoms with Gasteiger partial charge in [-0.1, -0.05) is 0 Å². The quantitative estimate of drug-likeness (QED) is 0.412. The van der Waals surface area contributed by atoms with Crippen molar-refractivity contribution in [3.8, 4) is 0 Å². The van der Waals surface area contributed by atoms with Crippen LogP contribution >= 0.6 is 0 Å². The second kappa shape index (κ2) is 7.43. The molecule has 3 N–H and O–H groups in total. The van der Waals surface area contributed by atoms with Gasteiger partial charge in [0.1, 0.15) is 18.3 Å². The van der Waals surface area contributed by atoms with Crippen molar-refractivity contribution in [3.63, 3.8) is 0 Å². The van der Waals surface area contributed by atoms with Gasteiger partial charge in [-0.25, -0.2) is 8.37 Å². The molecule has 132 valence electrons. The van der Waals surface area contributed by atoms with E-state index in [1.54, 1.807) is 0 Å². The average molecular weight is 368 g/mol. The number of ether oxygens (including phenoxy) is 3. The number of hydrogen-bond acceptors (Lipinski definition) is 10. The summed E-state index contributed by atoms with van der Waals surface area (Å²) < 4.78 is 83.1. The first-order valence-corrected chi connectivity index (χ1v) is 8.38. The Kier molecular flexibility index (Phi) is 6.63. The third kappa shape index (κ3) is 5.65. The normalized spacial score (nSPS) is 33.8. The molecule has 22 heavy (non-hydrogen) atoms. The lowest BCUT2D eigenvalue weighted by atomic mass is 9.99. The van der Waals surface area contributed by atoms with E-state index >= 15 is 0 Å². The van der Waals surface area contributed by atoms with Crippen molar-refractivity contribution in [2.75, 3.05) is 20.8 Å². The minimum atomic E-state index is -4.90. The summed E-state index contributed by atoms with van der Waals surface area (Å²) in [6.45, 7) is -0.793. The van der Waals surface area contributed by atoms with Crippen LogP contribution in [0, 0.1) is 0 Å². The smallest absolute Gasteiger partial charge is 0.387 e. The Morgan fingerprint density at radius 1 is 1.00 bits per heavy atom. The monoisotopic (exact) mass is 368 g/mol. The van der Waals surface area contributed by atoms with Crippen LogP contribution in [0.3, 0.4) is 0 Å². The molecule has 5 atom stereocenters. The van der Waals surface area contributed by atoms with E-state index in [2.05, 4.69) is 8.37 Å². The average Bonchev–Trinajstić information content (AvgIpc) is 2.35. The molecule has 1 saturated heterocycles. The zero-order valence-corrected chi connectivity index (χ0v) is 13.1. The highest BCUT2D eigenvalue weighted by Gasteiger charge is 2.49. The molecule has 0 aromatic carbocycles. The minimum Gasteiger partial charge on any atom is -0.387 e. The van der Waals surface area contributed by atoms with E-state index < -0.39 is 58.1 Å². The lowest BCUT2D eigenvalue weighted by Crippen LogP contribution is -2.61. The van der Waals surface area contributed by atoms with E-state index in [1.807, 2.05) is 0 Å². The largest absolute Gasteiger partial charge is 0.397 e. The zero-order chi connectivity index (χ0) is 17.1. The van der Waals surface area contributed by atoms with Crippen LogP contribution in [0.5, 0.6) is 0 Å². The van der Waals surface area contributed by atoms with Crippen molar-refractivity contribution >= 4 is 20.8 Å². The number of aliphatic hydroxyl groups excluding tert-OH is 1. The molecule has 1 aliphatic heterocycles. The molecule has 1 aliphatic rings.